The number of anilines is 2. The Morgan fingerprint density at radius 1 is 1.33 bits per heavy atom. The van der Waals surface area contributed by atoms with E-state index in [1.54, 1.807) is 17.7 Å². The molecule has 2 amide bonds. The molecular formula is C23H27N8O8S3+. The van der Waals surface area contributed by atoms with Gasteiger partial charge in [0, 0.05) is 16.9 Å². The van der Waals surface area contributed by atoms with Gasteiger partial charge in [0.2, 0.25) is 5.82 Å². The number of fused-ring (bicyclic) bond motifs is 1. The first-order valence-electron chi connectivity index (χ1n) is 12.1. The number of aromatic nitrogens is 3. The number of aliphatic carboxylic acids is 2. The Labute approximate surface area is 251 Å². The smallest absolute Gasteiger partial charge is 0.364 e. The maximum atomic E-state index is 13.2. The molecule has 2 aromatic rings. The highest BCUT2D eigenvalue weighted by Crippen LogP contribution is 2.41. The minimum Gasteiger partial charge on any atom is -0.481 e. The second kappa shape index (κ2) is 12.8. The molecule has 2 unspecified atom stereocenters. The molecule has 42 heavy (non-hydrogen) atoms. The first-order valence-corrected chi connectivity index (χ1v) is 15.0. The Balaban J connectivity index is 1.51. The van der Waals surface area contributed by atoms with E-state index in [0.29, 0.717) is 16.6 Å². The van der Waals surface area contributed by atoms with Gasteiger partial charge in [-0.2, -0.15) is 4.57 Å². The van der Waals surface area contributed by atoms with Gasteiger partial charge in [0.1, 0.15) is 28.9 Å². The number of oxime groups is 1. The van der Waals surface area contributed by atoms with Crippen molar-refractivity contribution in [3.8, 4) is 5.88 Å². The summed E-state index contributed by atoms with van der Waals surface area (Å²) < 4.78 is 6.96. The third-order valence-electron chi connectivity index (χ3n) is 6.00. The van der Waals surface area contributed by atoms with Gasteiger partial charge in [0.25, 0.3) is 17.7 Å². The molecule has 2 aliphatic heterocycles. The number of thiazole rings is 1. The van der Waals surface area contributed by atoms with Crippen LogP contribution in [-0.2, 0) is 31.1 Å². The van der Waals surface area contributed by atoms with Crippen molar-refractivity contribution in [2.24, 2.45) is 12.2 Å². The molecule has 19 heteroatoms. The van der Waals surface area contributed by atoms with E-state index in [1.165, 1.54) is 42.9 Å². The van der Waals surface area contributed by atoms with Crippen molar-refractivity contribution >= 4 is 75.3 Å². The lowest BCUT2D eigenvalue weighted by atomic mass is 10.0. The summed E-state index contributed by atoms with van der Waals surface area (Å²) in [7, 11) is 3.22. The molecule has 16 nitrogen and oxygen atoms in total. The Bertz CT molecular complexity index is 1500. The number of carboxylic acid groups (broad SMARTS) is 2. The topological polar surface area (TPSA) is 237 Å². The highest BCUT2D eigenvalue weighted by Gasteiger charge is 2.54. The van der Waals surface area contributed by atoms with Gasteiger partial charge in [0.05, 0.1) is 26.6 Å². The van der Waals surface area contributed by atoms with E-state index < -0.39 is 41.3 Å². The van der Waals surface area contributed by atoms with Crippen molar-refractivity contribution in [2.75, 3.05) is 30.1 Å². The minimum atomic E-state index is -1.28. The SMILES string of the molecule is COc1cc(N)nc(SCC2=C(C(=O)O)N3C(=O)C(NC(=O)/C(=N\OC(C)CC(=O)O)c4csc(N)n4)[C@H]3SC2)[n+]1C. The maximum absolute atomic E-state index is 13.2. The lowest BCUT2D eigenvalue weighted by molar-refractivity contribution is -0.717. The number of amides is 2. The number of nitrogens with zero attached hydrogens (tertiary/aromatic N) is 5. The predicted octanol–water partition coefficient (Wildman–Crippen LogP) is -0.350. The van der Waals surface area contributed by atoms with E-state index in [0.717, 1.165) is 16.2 Å². The van der Waals surface area contributed by atoms with Crippen LogP contribution in [0, 0.1) is 0 Å². The summed E-state index contributed by atoms with van der Waals surface area (Å²) in [5.74, 6) is -2.64. The molecule has 0 aliphatic carbocycles. The molecule has 0 aromatic carbocycles. The van der Waals surface area contributed by atoms with Crippen molar-refractivity contribution in [2.45, 2.75) is 36.0 Å². The molecule has 4 rings (SSSR count). The fourth-order valence-corrected chi connectivity index (χ4v) is 7.06. The summed E-state index contributed by atoms with van der Waals surface area (Å²) in [6.07, 6.45) is -1.22. The fourth-order valence-electron chi connectivity index (χ4n) is 4.04. The van der Waals surface area contributed by atoms with Crippen LogP contribution in [0.4, 0.5) is 10.9 Å². The quantitative estimate of drug-likeness (QED) is 0.0499. The van der Waals surface area contributed by atoms with E-state index in [1.807, 2.05) is 0 Å². The van der Waals surface area contributed by atoms with Crippen LogP contribution < -0.4 is 26.1 Å². The third kappa shape index (κ3) is 6.52. The van der Waals surface area contributed by atoms with Gasteiger partial charge in [0.15, 0.2) is 10.8 Å². The Morgan fingerprint density at radius 2 is 2.07 bits per heavy atom. The summed E-state index contributed by atoms with van der Waals surface area (Å²) >= 11 is 3.58. The number of methoxy groups -OCH3 is 1. The molecule has 4 heterocycles. The number of carbonyl (C=O) groups is 4. The summed E-state index contributed by atoms with van der Waals surface area (Å²) in [5, 5.41) is 26.8. The van der Waals surface area contributed by atoms with E-state index in [2.05, 4.69) is 20.4 Å². The number of nitrogens with one attached hydrogen (secondary N) is 1. The van der Waals surface area contributed by atoms with E-state index in [9.17, 15) is 24.3 Å². The number of β-lactam (4-membered cyclic amide) rings is 1. The van der Waals surface area contributed by atoms with E-state index in [-0.39, 0.29) is 46.0 Å². The van der Waals surface area contributed by atoms with E-state index in [4.69, 9.17) is 26.1 Å². The average Bonchev–Trinajstić information content (AvgIpc) is 3.36. The zero-order valence-electron chi connectivity index (χ0n) is 22.5. The van der Waals surface area contributed by atoms with Crippen LogP contribution in [0.5, 0.6) is 5.88 Å². The number of ether oxygens (including phenoxy) is 1. The normalized spacial score (nSPS) is 19.1. The highest BCUT2D eigenvalue weighted by atomic mass is 32.2. The number of rotatable bonds is 12. The maximum Gasteiger partial charge on any atom is 0.364 e. The standard InChI is InChI=1S/C23H26N8O8S3/c1-9(4-14(32)33)39-29-15(11-8-41-22(25)26-11)18(34)28-16-19(35)31-17(21(36)37)10(6-40-20(16)31)7-42-23-27-12(24)5-13(38-3)30(23)2/h5,8-9,16,20,24H,4,6-7H2,1-3H3,(H5,25,26,28,32,33,34,36,37)/p+1/b29-15-/t9?,16?,20-/m1/s1. The number of thioether (sulfide) groups is 2. The molecule has 224 valence electrons. The van der Waals surface area contributed by atoms with E-state index >= 15 is 0 Å². The monoisotopic (exact) mass is 639 g/mol. The lowest BCUT2D eigenvalue weighted by Gasteiger charge is -2.49. The average molecular weight is 640 g/mol. The zero-order chi connectivity index (χ0) is 30.7. The van der Waals surface area contributed by atoms with Crippen LogP contribution in [0.3, 0.4) is 0 Å². The Morgan fingerprint density at radius 3 is 2.69 bits per heavy atom. The Kier molecular flexibility index (Phi) is 9.42. The molecule has 3 atom stereocenters. The predicted molar refractivity (Wildman–Crippen MR) is 153 cm³/mol. The van der Waals surface area contributed by atoms with Crippen LogP contribution in [0.15, 0.2) is 33.0 Å². The van der Waals surface area contributed by atoms with Gasteiger partial charge in [-0.15, -0.1) is 23.1 Å². The molecule has 2 aliphatic rings. The van der Waals surface area contributed by atoms with Crippen molar-refractivity contribution in [3.63, 3.8) is 0 Å². The van der Waals surface area contributed by atoms with Gasteiger partial charge in [-0.05, 0) is 29.2 Å². The first kappa shape index (κ1) is 30.8. The fraction of sp³-hybridized carbons (Fsp3) is 0.391. The first-order chi connectivity index (χ1) is 19.9. The van der Waals surface area contributed by atoms with Crippen LogP contribution in [0.1, 0.15) is 19.0 Å². The second-order valence-corrected chi connectivity index (χ2v) is 11.9. The Hall–Kier alpha value is -4.10. The van der Waals surface area contributed by atoms with Crippen molar-refractivity contribution in [3.05, 3.63) is 28.4 Å². The molecule has 2 aromatic heterocycles. The van der Waals surface area contributed by atoms with Crippen molar-refractivity contribution in [1.82, 2.24) is 20.2 Å². The third-order valence-corrected chi connectivity index (χ3v) is 9.13. The lowest BCUT2D eigenvalue weighted by Crippen LogP contribution is -2.71. The molecule has 0 saturated carbocycles. The van der Waals surface area contributed by atoms with Crippen LogP contribution >= 0.6 is 34.9 Å². The molecule has 0 bridgehead atoms. The minimum absolute atomic E-state index is 0.0721. The largest absolute Gasteiger partial charge is 0.481 e. The van der Waals surface area contributed by atoms with Crippen LogP contribution in [0.25, 0.3) is 0 Å². The summed E-state index contributed by atoms with van der Waals surface area (Å²) in [6, 6.07) is 0.504. The molecule has 7 N–H and O–H groups in total. The molecule has 0 radical (unpaired) electrons. The summed E-state index contributed by atoms with van der Waals surface area (Å²) in [4.78, 5) is 64.2. The van der Waals surface area contributed by atoms with Gasteiger partial charge in [-0.3, -0.25) is 19.3 Å². The van der Waals surface area contributed by atoms with Crippen molar-refractivity contribution < 1.29 is 43.5 Å². The van der Waals surface area contributed by atoms with Gasteiger partial charge < -0.3 is 36.6 Å². The number of carboxylic acids is 2. The van der Waals surface area contributed by atoms with Gasteiger partial charge in [-0.25, -0.2) is 9.78 Å². The zero-order valence-corrected chi connectivity index (χ0v) is 24.9. The van der Waals surface area contributed by atoms with Crippen LogP contribution in [-0.4, -0.2) is 90.7 Å². The molecule has 1 saturated heterocycles. The van der Waals surface area contributed by atoms with Crippen LogP contribution in [0.2, 0.25) is 0 Å². The highest BCUT2D eigenvalue weighted by molar-refractivity contribution is 8.01. The summed E-state index contributed by atoms with van der Waals surface area (Å²) in [5.41, 5.74) is 11.7. The van der Waals surface area contributed by atoms with Gasteiger partial charge >= 0.3 is 17.1 Å². The number of hydrogen-bond acceptors (Lipinski definition) is 14. The number of carbonyl (C=O) groups excluding carboxylic acids is 2. The van der Waals surface area contributed by atoms with Crippen molar-refractivity contribution in [1.29, 1.82) is 0 Å². The van der Waals surface area contributed by atoms with Gasteiger partial charge in [-0.1, -0.05) is 5.16 Å². The number of nitrogens with two attached hydrogens (primary N) is 2. The molecule has 1 fully saturated rings. The summed E-state index contributed by atoms with van der Waals surface area (Å²) in [6.45, 7) is 1.46. The molecule has 0 spiro atoms. The molecular weight excluding hydrogens is 613 g/mol. The second-order valence-electron chi connectivity index (χ2n) is 9.00. The number of nitrogen functional groups attached to an aromatic ring is 2. The number of hydrogen-bond donors (Lipinski definition) is 5.